The van der Waals surface area contributed by atoms with E-state index in [-0.39, 0.29) is 12.0 Å². The zero-order valence-corrected chi connectivity index (χ0v) is 11.7. The van der Waals surface area contributed by atoms with Crippen LogP contribution in [0.5, 0.6) is 0 Å². The van der Waals surface area contributed by atoms with Crippen molar-refractivity contribution in [3.8, 4) is 0 Å². The summed E-state index contributed by atoms with van der Waals surface area (Å²) in [5.74, 6) is -0.378. The Hall–Kier alpha value is -1.62. The normalized spacial score (nSPS) is 12.2. The number of benzene rings is 1. The predicted molar refractivity (Wildman–Crippen MR) is 71.5 cm³/mol. The zero-order valence-electron chi connectivity index (χ0n) is 10.1. The highest BCUT2D eigenvalue weighted by atomic mass is 79.9. The molecular weight excluding hydrogens is 296 g/mol. The molecule has 0 aliphatic rings. The first-order valence-electron chi connectivity index (χ1n) is 5.49. The van der Waals surface area contributed by atoms with Crippen LogP contribution in [-0.4, -0.2) is 22.6 Å². The van der Waals surface area contributed by atoms with Crippen molar-refractivity contribution in [2.45, 2.75) is 13.0 Å². The van der Waals surface area contributed by atoms with Crippen LogP contribution in [0.15, 0.2) is 41.3 Å². The topological polar surface area (TPSA) is 44.1 Å². The van der Waals surface area contributed by atoms with E-state index in [0.29, 0.717) is 5.69 Å². The Labute approximate surface area is 114 Å². The van der Waals surface area contributed by atoms with E-state index < -0.39 is 0 Å². The molecule has 0 aliphatic heterocycles. The summed E-state index contributed by atoms with van der Waals surface area (Å²) < 4.78 is 7.56. The first-order chi connectivity index (χ1) is 8.63. The summed E-state index contributed by atoms with van der Waals surface area (Å²) in [7, 11) is 1.37. The number of methoxy groups -OCH3 is 1. The zero-order chi connectivity index (χ0) is 13.1. The van der Waals surface area contributed by atoms with Crippen molar-refractivity contribution >= 4 is 21.9 Å². The second-order valence-electron chi connectivity index (χ2n) is 3.91. The van der Waals surface area contributed by atoms with Gasteiger partial charge in [-0.1, -0.05) is 28.1 Å². The van der Waals surface area contributed by atoms with Gasteiger partial charge in [0, 0.05) is 4.47 Å². The standard InChI is InChI=1S/C13H13BrN2O2/c1-9(10-3-5-11(14)6-4-10)16-8-15-7-12(16)13(17)18-2/h3-9H,1-2H3/t9-/m0/s1. The lowest BCUT2D eigenvalue weighted by molar-refractivity contribution is 0.0587. The number of imidazole rings is 1. The summed E-state index contributed by atoms with van der Waals surface area (Å²) in [4.78, 5) is 15.6. The molecule has 5 heteroatoms. The molecule has 0 saturated carbocycles. The van der Waals surface area contributed by atoms with E-state index in [1.807, 2.05) is 31.2 Å². The van der Waals surface area contributed by atoms with Gasteiger partial charge in [0.15, 0.2) is 0 Å². The molecule has 1 atom stereocenters. The minimum Gasteiger partial charge on any atom is -0.464 e. The molecule has 0 fully saturated rings. The van der Waals surface area contributed by atoms with Crippen molar-refractivity contribution in [3.63, 3.8) is 0 Å². The van der Waals surface area contributed by atoms with Crippen LogP contribution in [0.2, 0.25) is 0 Å². The Morgan fingerprint density at radius 1 is 1.39 bits per heavy atom. The molecule has 0 amide bonds. The molecule has 0 bridgehead atoms. The number of halogens is 1. The number of hydrogen-bond donors (Lipinski definition) is 0. The van der Waals surface area contributed by atoms with E-state index in [1.54, 1.807) is 10.9 Å². The lowest BCUT2D eigenvalue weighted by Gasteiger charge is -2.16. The van der Waals surface area contributed by atoms with Gasteiger partial charge in [-0.15, -0.1) is 0 Å². The van der Waals surface area contributed by atoms with E-state index in [0.717, 1.165) is 10.0 Å². The molecule has 1 aromatic heterocycles. The fourth-order valence-electron chi connectivity index (χ4n) is 1.78. The van der Waals surface area contributed by atoms with E-state index in [2.05, 4.69) is 20.9 Å². The van der Waals surface area contributed by atoms with Crippen molar-refractivity contribution in [3.05, 3.63) is 52.5 Å². The monoisotopic (exact) mass is 308 g/mol. The summed E-state index contributed by atoms with van der Waals surface area (Å²) in [6.07, 6.45) is 3.15. The van der Waals surface area contributed by atoms with Crippen LogP contribution in [0.3, 0.4) is 0 Å². The minimum absolute atomic E-state index is 0.0229. The van der Waals surface area contributed by atoms with Crippen LogP contribution >= 0.6 is 15.9 Å². The van der Waals surface area contributed by atoms with Crippen LogP contribution < -0.4 is 0 Å². The quantitative estimate of drug-likeness (QED) is 0.819. The Morgan fingerprint density at radius 2 is 2.06 bits per heavy atom. The van der Waals surface area contributed by atoms with Crippen molar-refractivity contribution in [1.29, 1.82) is 0 Å². The largest absolute Gasteiger partial charge is 0.464 e. The number of rotatable bonds is 3. The van der Waals surface area contributed by atoms with Crippen molar-refractivity contribution in [2.75, 3.05) is 7.11 Å². The highest BCUT2D eigenvalue weighted by Crippen LogP contribution is 2.21. The molecule has 18 heavy (non-hydrogen) atoms. The summed E-state index contributed by atoms with van der Waals surface area (Å²) in [6.45, 7) is 2.01. The third-order valence-electron chi connectivity index (χ3n) is 2.83. The van der Waals surface area contributed by atoms with Gasteiger partial charge in [-0.25, -0.2) is 9.78 Å². The maximum Gasteiger partial charge on any atom is 0.356 e. The SMILES string of the molecule is COC(=O)c1cncn1[C@@H](C)c1ccc(Br)cc1. The molecule has 0 unspecified atom stereocenters. The lowest BCUT2D eigenvalue weighted by atomic mass is 10.1. The highest BCUT2D eigenvalue weighted by Gasteiger charge is 2.17. The molecule has 0 radical (unpaired) electrons. The van der Waals surface area contributed by atoms with Gasteiger partial charge in [0.1, 0.15) is 5.69 Å². The van der Waals surface area contributed by atoms with Crippen molar-refractivity contribution in [2.24, 2.45) is 0 Å². The van der Waals surface area contributed by atoms with E-state index in [4.69, 9.17) is 4.74 Å². The van der Waals surface area contributed by atoms with Gasteiger partial charge >= 0.3 is 5.97 Å². The van der Waals surface area contributed by atoms with Crippen LogP contribution in [0, 0.1) is 0 Å². The smallest absolute Gasteiger partial charge is 0.356 e. The summed E-state index contributed by atoms with van der Waals surface area (Å²) in [5.41, 5.74) is 1.55. The van der Waals surface area contributed by atoms with Gasteiger partial charge in [-0.05, 0) is 24.6 Å². The summed E-state index contributed by atoms with van der Waals surface area (Å²) >= 11 is 3.40. The third kappa shape index (κ3) is 2.46. The first kappa shape index (κ1) is 12.8. The molecule has 0 aliphatic carbocycles. The Balaban J connectivity index is 2.34. The van der Waals surface area contributed by atoms with E-state index in [1.165, 1.54) is 13.3 Å². The second kappa shape index (κ2) is 5.35. The maximum absolute atomic E-state index is 11.6. The maximum atomic E-state index is 11.6. The average molecular weight is 309 g/mol. The molecule has 0 spiro atoms. The lowest BCUT2D eigenvalue weighted by Crippen LogP contribution is -2.14. The van der Waals surface area contributed by atoms with Crippen molar-refractivity contribution < 1.29 is 9.53 Å². The Bertz CT molecular complexity index is 548. The minimum atomic E-state index is -0.378. The number of aromatic nitrogens is 2. The molecule has 4 nitrogen and oxygen atoms in total. The fraction of sp³-hybridized carbons (Fsp3) is 0.231. The van der Waals surface area contributed by atoms with Gasteiger partial charge in [0.2, 0.25) is 0 Å². The third-order valence-corrected chi connectivity index (χ3v) is 3.36. The molecule has 94 valence electrons. The van der Waals surface area contributed by atoms with Gasteiger partial charge in [-0.2, -0.15) is 0 Å². The average Bonchev–Trinajstić information content (AvgIpc) is 2.87. The summed E-state index contributed by atoms with van der Waals surface area (Å²) in [6, 6.07) is 7.99. The first-order valence-corrected chi connectivity index (χ1v) is 6.28. The number of carbonyl (C=O) groups excluding carboxylic acids is 1. The molecule has 2 aromatic rings. The Kier molecular flexibility index (Phi) is 3.81. The second-order valence-corrected chi connectivity index (χ2v) is 4.82. The Morgan fingerprint density at radius 3 is 2.67 bits per heavy atom. The number of carbonyl (C=O) groups is 1. The molecule has 1 aromatic carbocycles. The van der Waals surface area contributed by atoms with Crippen molar-refractivity contribution in [1.82, 2.24) is 9.55 Å². The van der Waals surface area contributed by atoms with E-state index >= 15 is 0 Å². The number of hydrogen-bond acceptors (Lipinski definition) is 3. The predicted octanol–water partition coefficient (Wildman–Crippen LogP) is 3.04. The molecular formula is C13H13BrN2O2. The number of ether oxygens (including phenoxy) is 1. The van der Waals surface area contributed by atoms with Gasteiger partial charge < -0.3 is 9.30 Å². The van der Waals surface area contributed by atoms with Crippen LogP contribution in [0.25, 0.3) is 0 Å². The summed E-state index contributed by atoms with van der Waals surface area (Å²) in [5, 5.41) is 0. The molecule has 0 saturated heterocycles. The van der Waals surface area contributed by atoms with Gasteiger partial charge in [0.05, 0.1) is 25.7 Å². The molecule has 0 N–H and O–H groups in total. The van der Waals surface area contributed by atoms with E-state index in [9.17, 15) is 4.79 Å². The van der Waals surface area contributed by atoms with Crippen LogP contribution in [0.4, 0.5) is 0 Å². The highest BCUT2D eigenvalue weighted by molar-refractivity contribution is 9.10. The van der Waals surface area contributed by atoms with Crippen LogP contribution in [-0.2, 0) is 4.74 Å². The van der Waals surface area contributed by atoms with Crippen LogP contribution in [0.1, 0.15) is 29.0 Å². The fourth-order valence-corrected chi connectivity index (χ4v) is 2.04. The van der Waals surface area contributed by atoms with Gasteiger partial charge in [0.25, 0.3) is 0 Å². The van der Waals surface area contributed by atoms with Gasteiger partial charge in [-0.3, -0.25) is 0 Å². The molecule has 2 rings (SSSR count). The number of esters is 1. The molecule has 1 heterocycles. The number of nitrogens with zero attached hydrogens (tertiary/aromatic N) is 2.